The average molecular weight is 450 g/mol. The number of rotatable bonds is 4. The number of carbonyl (C=O) groups is 1. The van der Waals surface area contributed by atoms with Crippen molar-refractivity contribution in [3.05, 3.63) is 89.4 Å². The Morgan fingerprint density at radius 3 is 2.90 bits per heavy atom. The molecule has 1 atom stereocenters. The number of fused-ring (bicyclic) bond motifs is 2. The Labute approximate surface area is 185 Å². The number of esters is 1. The average Bonchev–Trinajstić information content (AvgIpc) is 3.48. The first kappa shape index (κ1) is 19.7. The fourth-order valence-corrected chi connectivity index (χ4v) is 5.72. The van der Waals surface area contributed by atoms with Gasteiger partial charge in [-0.1, -0.05) is 35.6 Å². The number of H-pyrrole nitrogens is 1. The third kappa shape index (κ3) is 3.28. The molecule has 31 heavy (non-hydrogen) atoms. The van der Waals surface area contributed by atoms with Crippen LogP contribution in [0.25, 0.3) is 17.0 Å². The van der Waals surface area contributed by atoms with Crippen molar-refractivity contribution < 1.29 is 9.53 Å². The van der Waals surface area contributed by atoms with Gasteiger partial charge in [-0.25, -0.2) is 9.79 Å². The summed E-state index contributed by atoms with van der Waals surface area (Å²) < 4.78 is 7.49. The van der Waals surface area contributed by atoms with Crippen LogP contribution in [-0.4, -0.2) is 22.1 Å². The molecular formula is C23H19N3O3S2. The molecule has 4 aromatic rings. The maximum absolute atomic E-state index is 13.5. The van der Waals surface area contributed by atoms with Crippen molar-refractivity contribution in [1.29, 1.82) is 0 Å². The topological polar surface area (TPSA) is 76.4 Å². The molecule has 0 aliphatic carbocycles. The molecule has 0 spiro atoms. The zero-order valence-electron chi connectivity index (χ0n) is 16.9. The molecule has 0 amide bonds. The lowest BCUT2D eigenvalue weighted by atomic mass is 10.0. The van der Waals surface area contributed by atoms with Crippen molar-refractivity contribution in [1.82, 2.24) is 9.55 Å². The van der Waals surface area contributed by atoms with Gasteiger partial charge in [0.25, 0.3) is 5.56 Å². The maximum atomic E-state index is 13.5. The normalized spacial score (nSPS) is 16.5. The van der Waals surface area contributed by atoms with Crippen LogP contribution in [-0.2, 0) is 9.53 Å². The van der Waals surface area contributed by atoms with E-state index in [1.54, 1.807) is 18.4 Å². The van der Waals surface area contributed by atoms with Crippen molar-refractivity contribution in [3.63, 3.8) is 0 Å². The second-order valence-electron chi connectivity index (χ2n) is 7.11. The molecule has 3 aromatic heterocycles. The number of nitrogens with one attached hydrogen (secondary N) is 1. The summed E-state index contributed by atoms with van der Waals surface area (Å²) in [6.07, 6.45) is 3.78. The van der Waals surface area contributed by atoms with E-state index in [4.69, 9.17) is 4.74 Å². The van der Waals surface area contributed by atoms with Gasteiger partial charge in [0.2, 0.25) is 0 Å². The Hall–Kier alpha value is -3.23. The number of thiophene rings is 1. The lowest BCUT2D eigenvalue weighted by Crippen LogP contribution is -2.39. The first-order valence-corrected chi connectivity index (χ1v) is 11.6. The summed E-state index contributed by atoms with van der Waals surface area (Å²) in [5.41, 5.74) is 2.78. The molecule has 1 aliphatic rings. The number of allylic oxidation sites excluding steroid dienone is 1. The van der Waals surface area contributed by atoms with Gasteiger partial charge in [-0.05, 0) is 37.4 Å². The zero-order chi connectivity index (χ0) is 21.5. The van der Waals surface area contributed by atoms with Gasteiger partial charge in [0.15, 0.2) is 4.80 Å². The summed E-state index contributed by atoms with van der Waals surface area (Å²) in [4.78, 5) is 35.6. The second kappa shape index (κ2) is 7.79. The Bertz CT molecular complexity index is 1500. The predicted octanol–water partition coefficient (Wildman–Crippen LogP) is 3.34. The molecule has 5 rings (SSSR count). The Kier molecular flexibility index (Phi) is 4.95. The number of hydrogen-bond donors (Lipinski definition) is 1. The number of carbonyl (C=O) groups excluding carboxylic acids is 1. The number of hydrogen-bond acceptors (Lipinski definition) is 6. The van der Waals surface area contributed by atoms with Crippen LogP contribution in [0, 0.1) is 0 Å². The van der Waals surface area contributed by atoms with Crippen molar-refractivity contribution >= 4 is 45.6 Å². The van der Waals surface area contributed by atoms with E-state index in [1.807, 2.05) is 54.1 Å². The third-order valence-corrected chi connectivity index (χ3v) is 7.15. The fraction of sp³-hybridized carbons (Fsp3) is 0.174. The first-order chi connectivity index (χ1) is 15.1. The molecule has 8 heteroatoms. The molecule has 0 saturated heterocycles. The fourth-order valence-electron chi connectivity index (χ4n) is 3.86. The highest BCUT2D eigenvalue weighted by Gasteiger charge is 2.33. The molecule has 1 N–H and O–H groups in total. The number of ether oxygens (including phenoxy) is 1. The van der Waals surface area contributed by atoms with Crippen molar-refractivity contribution in [2.45, 2.75) is 19.9 Å². The highest BCUT2D eigenvalue weighted by molar-refractivity contribution is 7.10. The van der Waals surface area contributed by atoms with Gasteiger partial charge in [-0.2, -0.15) is 0 Å². The first-order valence-electron chi connectivity index (χ1n) is 9.87. The number of para-hydroxylation sites is 1. The van der Waals surface area contributed by atoms with Crippen LogP contribution in [0.5, 0.6) is 0 Å². The summed E-state index contributed by atoms with van der Waals surface area (Å²) >= 11 is 2.84. The minimum atomic E-state index is -0.541. The number of benzene rings is 1. The van der Waals surface area contributed by atoms with Gasteiger partial charge >= 0.3 is 5.97 Å². The van der Waals surface area contributed by atoms with Crippen LogP contribution in [0.3, 0.4) is 0 Å². The van der Waals surface area contributed by atoms with Crippen LogP contribution in [0.4, 0.5) is 0 Å². The molecule has 156 valence electrons. The Morgan fingerprint density at radius 2 is 2.13 bits per heavy atom. The molecular weight excluding hydrogens is 430 g/mol. The van der Waals surface area contributed by atoms with E-state index >= 15 is 0 Å². The minimum Gasteiger partial charge on any atom is -0.463 e. The van der Waals surface area contributed by atoms with E-state index < -0.39 is 12.0 Å². The van der Waals surface area contributed by atoms with Gasteiger partial charge in [0, 0.05) is 27.5 Å². The summed E-state index contributed by atoms with van der Waals surface area (Å²) in [6, 6.07) is 11.3. The standard InChI is InChI=1S/C23H19N3O3S2/c1-3-29-22(28)19-13(2)25-23-26(20(19)17-9-6-10-30-17)21(27)18(31-23)11-14-12-24-16-8-5-4-7-15(14)16/h4-12,20,24H,3H2,1-2H3. The SMILES string of the molecule is CCOC(=O)C1=C(C)N=c2sc(=Cc3c[nH]c4ccccc34)c(=O)n2C1c1cccs1. The highest BCUT2D eigenvalue weighted by Crippen LogP contribution is 2.33. The lowest BCUT2D eigenvalue weighted by molar-refractivity contribution is -0.139. The molecule has 1 aliphatic heterocycles. The maximum Gasteiger partial charge on any atom is 0.338 e. The largest absolute Gasteiger partial charge is 0.463 e. The molecule has 0 saturated carbocycles. The summed E-state index contributed by atoms with van der Waals surface area (Å²) in [6.45, 7) is 3.83. The monoisotopic (exact) mass is 449 g/mol. The van der Waals surface area contributed by atoms with Crippen molar-refractivity contribution in [3.8, 4) is 0 Å². The van der Waals surface area contributed by atoms with Crippen LogP contribution >= 0.6 is 22.7 Å². The van der Waals surface area contributed by atoms with Gasteiger partial charge in [-0.3, -0.25) is 9.36 Å². The molecule has 1 unspecified atom stereocenters. The minimum absolute atomic E-state index is 0.165. The van der Waals surface area contributed by atoms with Crippen LogP contribution < -0.4 is 14.9 Å². The van der Waals surface area contributed by atoms with Crippen molar-refractivity contribution in [2.24, 2.45) is 4.99 Å². The Morgan fingerprint density at radius 1 is 1.29 bits per heavy atom. The van der Waals surface area contributed by atoms with E-state index in [2.05, 4.69) is 9.98 Å². The molecule has 4 heterocycles. The van der Waals surface area contributed by atoms with Gasteiger partial charge in [-0.15, -0.1) is 11.3 Å². The van der Waals surface area contributed by atoms with E-state index in [0.717, 1.165) is 21.3 Å². The number of aromatic amines is 1. The Balaban J connectivity index is 1.73. The van der Waals surface area contributed by atoms with E-state index in [0.29, 0.717) is 20.6 Å². The number of nitrogens with zero attached hydrogens (tertiary/aromatic N) is 2. The van der Waals surface area contributed by atoms with Gasteiger partial charge in [0.05, 0.1) is 22.4 Å². The summed E-state index contributed by atoms with van der Waals surface area (Å²) in [5, 5.41) is 2.99. The van der Waals surface area contributed by atoms with E-state index in [1.165, 1.54) is 22.7 Å². The second-order valence-corrected chi connectivity index (χ2v) is 9.10. The van der Waals surface area contributed by atoms with Crippen LogP contribution in [0.1, 0.15) is 30.3 Å². The molecule has 0 bridgehead atoms. The van der Waals surface area contributed by atoms with Crippen LogP contribution in [0.2, 0.25) is 0 Å². The van der Waals surface area contributed by atoms with E-state index in [9.17, 15) is 9.59 Å². The summed E-state index contributed by atoms with van der Waals surface area (Å²) in [5.74, 6) is -0.437. The number of thiazole rings is 1. The molecule has 0 radical (unpaired) electrons. The van der Waals surface area contributed by atoms with Crippen LogP contribution in [0.15, 0.2) is 69.0 Å². The molecule has 0 fully saturated rings. The zero-order valence-corrected chi connectivity index (χ0v) is 18.5. The van der Waals surface area contributed by atoms with Gasteiger partial charge < -0.3 is 9.72 Å². The third-order valence-electron chi connectivity index (χ3n) is 5.24. The molecule has 6 nitrogen and oxygen atoms in total. The predicted molar refractivity (Wildman–Crippen MR) is 123 cm³/mol. The lowest BCUT2D eigenvalue weighted by Gasteiger charge is -2.23. The molecule has 1 aromatic carbocycles. The van der Waals surface area contributed by atoms with Gasteiger partial charge in [0.1, 0.15) is 6.04 Å². The van der Waals surface area contributed by atoms with E-state index in [-0.39, 0.29) is 12.2 Å². The quantitative estimate of drug-likeness (QED) is 0.486. The van der Waals surface area contributed by atoms with Crippen molar-refractivity contribution in [2.75, 3.05) is 6.61 Å². The number of aromatic nitrogens is 2. The highest BCUT2D eigenvalue weighted by atomic mass is 32.1. The summed E-state index contributed by atoms with van der Waals surface area (Å²) in [7, 11) is 0. The smallest absolute Gasteiger partial charge is 0.338 e.